The Morgan fingerprint density at radius 1 is 0.870 bits per heavy atom. The summed E-state index contributed by atoms with van der Waals surface area (Å²) in [6.45, 7) is 1.85. The van der Waals surface area contributed by atoms with Crippen LogP contribution in [0.5, 0.6) is 0 Å². The van der Waals surface area contributed by atoms with Crippen LogP contribution in [0.15, 0.2) is 54.2 Å². The van der Waals surface area contributed by atoms with E-state index in [1.54, 1.807) is 12.1 Å². The maximum atomic E-state index is 13.2. The van der Waals surface area contributed by atoms with Gasteiger partial charge in [0.15, 0.2) is 0 Å². The van der Waals surface area contributed by atoms with Crippen molar-refractivity contribution in [1.29, 1.82) is 0 Å². The lowest BCUT2D eigenvalue weighted by Crippen LogP contribution is -2.39. The van der Waals surface area contributed by atoms with Crippen molar-refractivity contribution in [2.24, 2.45) is 0 Å². The van der Waals surface area contributed by atoms with Crippen LogP contribution in [0.3, 0.4) is 0 Å². The average Bonchev–Trinajstić information content (AvgIpc) is 2.96. The minimum absolute atomic E-state index is 0.188. The second kappa shape index (κ2) is 5.89. The Morgan fingerprint density at radius 3 is 2.35 bits per heavy atom. The molecule has 23 heavy (non-hydrogen) atoms. The molecule has 0 amide bonds. The molecule has 4 heteroatoms. The standard InChI is InChI=1S/C19H18ClFN2/c20-15-6-10-17(11-7-15)23-13-18(14-4-8-16(21)9-5-14)19-3-1-2-12-22(19)23/h4-11H,1-3,12-13H2. The highest BCUT2D eigenvalue weighted by atomic mass is 35.5. The largest absolute Gasteiger partial charge is 0.289 e. The molecule has 1 fully saturated rings. The number of hydrazine groups is 1. The summed E-state index contributed by atoms with van der Waals surface area (Å²) < 4.78 is 13.2. The fraction of sp³-hybridized carbons (Fsp3) is 0.263. The number of piperidine rings is 1. The second-order valence-electron chi connectivity index (χ2n) is 6.05. The molecule has 118 valence electrons. The van der Waals surface area contributed by atoms with E-state index in [1.165, 1.54) is 24.1 Å². The van der Waals surface area contributed by atoms with Gasteiger partial charge in [-0.15, -0.1) is 0 Å². The van der Waals surface area contributed by atoms with Gasteiger partial charge >= 0.3 is 0 Å². The van der Waals surface area contributed by atoms with Gasteiger partial charge in [0, 0.05) is 22.8 Å². The van der Waals surface area contributed by atoms with Crippen LogP contribution in [0.25, 0.3) is 5.57 Å². The quantitative estimate of drug-likeness (QED) is 0.755. The molecule has 0 radical (unpaired) electrons. The van der Waals surface area contributed by atoms with Crippen LogP contribution in [0, 0.1) is 5.82 Å². The Hall–Kier alpha value is -2.00. The van der Waals surface area contributed by atoms with Crippen molar-refractivity contribution in [3.8, 4) is 0 Å². The lowest BCUT2D eigenvalue weighted by atomic mass is 10.00. The molecule has 2 aromatic rings. The first-order valence-corrected chi connectivity index (χ1v) is 8.39. The Morgan fingerprint density at radius 2 is 1.61 bits per heavy atom. The molecule has 0 unspecified atom stereocenters. The first kappa shape index (κ1) is 14.6. The van der Waals surface area contributed by atoms with Gasteiger partial charge in [-0.3, -0.25) is 10.0 Å². The summed E-state index contributed by atoms with van der Waals surface area (Å²) in [6.07, 6.45) is 3.49. The van der Waals surface area contributed by atoms with Crippen molar-refractivity contribution < 1.29 is 4.39 Å². The molecule has 0 saturated carbocycles. The molecule has 0 spiro atoms. The number of allylic oxidation sites excluding steroid dienone is 1. The van der Waals surface area contributed by atoms with Crippen molar-refractivity contribution in [3.63, 3.8) is 0 Å². The molecule has 1 saturated heterocycles. The number of anilines is 1. The summed E-state index contributed by atoms with van der Waals surface area (Å²) in [5.41, 5.74) is 4.94. The molecule has 2 aliphatic heterocycles. The van der Waals surface area contributed by atoms with Crippen LogP contribution in [-0.2, 0) is 0 Å². The number of hydrogen-bond acceptors (Lipinski definition) is 2. The van der Waals surface area contributed by atoms with Gasteiger partial charge in [0.25, 0.3) is 0 Å². The number of fused-ring (bicyclic) bond motifs is 1. The van der Waals surface area contributed by atoms with E-state index < -0.39 is 0 Å². The van der Waals surface area contributed by atoms with Crippen LogP contribution < -0.4 is 5.01 Å². The van der Waals surface area contributed by atoms with Gasteiger partial charge in [-0.25, -0.2) is 4.39 Å². The lowest BCUT2D eigenvalue weighted by molar-refractivity contribution is 0.294. The van der Waals surface area contributed by atoms with Gasteiger partial charge in [-0.05, 0) is 61.2 Å². The molecular formula is C19H18ClFN2. The van der Waals surface area contributed by atoms with E-state index in [4.69, 9.17) is 11.6 Å². The summed E-state index contributed by atoms with van der Waals surface area (Å²) in [5.74, 6) is -0.188. The summed E-state index contributed by atoms with van der Waals surface area (Å²) in [6, 6.07) is 14.8. The zero-order valence-electron chi connectivity index (χ0n) is 12.8. The molecule has 0 aliphatic carbocycles. The van der Waals surface area contributed by atoms with Crippen molar-refractivity contribution in [1.82, 2.24) is 5.01 Å². The van der Waals surface area contributed by atoms with Gasteiger partial charge in [-0.1, -0.05) is 23.7 Å². The normalized spacial score (nSPS) is 17.7. The maximum absolute atomic E-state index is 13.2. The smallest absolute Gasteiger partial charge is 0.123 e. The highest BCUT2D eigenvalue weighted by Crippen LogP contribution is 2.39. The molecule has 2 nitrogen and oxygen atoms in total. The van der Waals surface area contributed by atoms with E-state index in [1.807, 2.05) is 24.3 Å². The number of halogens is 2. The minimum Gasteiger partial charge on any atom is -0.289 e. The van der Waals surface area contributed by atoms with Crippen molar-refractivity contribution in [2.45, 2.75) is 19.3 Å². The minimum atomic E-state index is -0.188. The fourth-order valence-electron chi connectivity index (χ4n) is 3.47. The molecule has 2 aliphatic rings. The van der Waals surface area contributed by atoms with Crippen LogP contribution >= 0.6 is 11.6 Å². The van der Waals surface area contributed by atoms with E-state index in [-0.39, 0.29) is 5.82 Å². The summed E-state index contributed by atoms with van der Waals surface area (Å²) in [4.78, 5) is 0. The molecular weight excluding hydrogens is 311 g/mol. The third-order valence-electron chi connectivity index (χ3n) is 4.61. The fourth-order valence-corrected chi connectivity index (χ4v) is 3.60. The van der Waals surface area contributed by atoms with Crippen molar-refractivity contribution >= 4 is 22.9 Å². The number of benzene rings is 2. The zero-order chi connectivity index (χ0) is 15.8. The third-order valence-corrected chi connectivity index (χ3v) is 4.86. The van der Waals surface area contributed by atoms with Gasteiger partial charge in [0.1, 0.15) is 5.82 Å². The molecule has 0 N–H and O–H groups in total. The second-order valence-corrected chi connectivity index (χ2v) is 6.48. The van der Waals surface area contributed by atoms with Crippen molar-refractivity contribution in [3.05, 3.63) is 70.6 Å². The van der Waals surface area contributed by atoms with Gasteiger partial charge in [-0.2, -0.15) is 0 Å². The maximum Gasteiger partial charge on any atom is 0.123 e. The molecule has 0 atom stereocenters. The average molecular weight is 329 g/mol. The van der Waals surface area contributed by atoms with E-state index in [9.17, 15) is 4.39 Å². The summed E-state index contributed by atoms with van der Waals surface area (Å²) in [5, 5.41) is 5.44. The number of nitrogens with zero attached hydrogens (tertiary/aromatic N) is 2. The third kappa shape index (κ3) is 2.70. The molecule has 0 bridgehead atoms. The van der Waals surface area contributed by atoms with Crippen molar-refractivity contribution in [2.75, 3.05) is 18.1 Å². The van der Waals surface area contributed by atoms with E-state index in [0.29, 0.717) is 0 Å². The molecule has 0 aromatic heterocycles. The highest BCUT2D eigenvalue weighted by Gasteiger charge is 2.32. The molecule has 2 aromatic carbocycles. The highest BCUT2D eigenvalue weighted by molar-refractivity contribution is 6.30. The Bertz CT molecular complexity index is 737. The van der Waals surface area contributed by atoms with Gasteiger partial charge < -0.3 is 0 Å². The van der Waals surface area contributed by atoms with Crippen LogP contribution in [0.1, 0.15) is 24.8 Å². The molecule has 2 heterocycles. The monoisotopic (exact) mass is 328 g/mol. The number of rotatable bonds is 2. The summed E-state index contributed by atoms with van der Waals surface area (Å²) in [7, 11) is 0. The van der Waals surface area contributed by atoms with E-state index >= 15 is 0 Å². The van der Waals surface area contributed by atoms with Crippen LogP contribution in [0.2, 0.25) is 5.02 Å². The predicted octanol–water partition coefficient (Wildman–Crippen LogP) is 5.11. The first-order valence-electron chi connectivity index (χ1n) is 8.01. The number of hydrogen-bond donors (Lipinski definition) is 0. The predicted molar refractivity (Wildman–Crippen MR) is 92.7 cm³/mol. The van der Waals surface area contributed by atoms with E-state index in [2.05, 4.69) is 22.2 Å². The Labute approximate surface area is 140 Å². The first-order chi connectivity index (χ1) is 11.2. The topological polar surface area (TPSA) is 6.48 Å². The van der Waals surface area contributed by atoms with E-state index in [0.717, 1.165) is 35.8 Å². The van der Waals surface area contributed by atoms with Gasteiger partial charge in [0.05, 0.1) is 12.2 Å². The van der Waals surface area contributed by atoms with Gasteiger partial charge in [0.2, 0.25) is 0 Å². The lowest BCUT2D eigenvalue weighted by Gasteiger charge is -2.36. The SMILES string of the molecule is Fc1ccc(C2=C3CCCCN3N(c3ccc(Cl)cc3)C2)cc1. The zero-order valence-corrected chi connectivity index (χ0v) is 13.6. The Kier molecular flexibility index (Phi) is 3.74. The van der Waals surface area contributed by atoms with Crippen LogP contribution in [-0.4, -0.2) is 18.1 Å². The summed E-state index contributed by atoms with van der Waals surface area (Å²) >= 11 is 6.02. The Balaban J connectivity index is 1.71. The molecule has 4 rings (SSSR count). The van der Waals surface area contributed by atoms with Crippen LogP contribution in [0.4, 0.5) is 10.1 Å².